The molecule has 2 aliphatic rings. The molecule has 1 fully saturated rings. The molecule has 0 bridgehead atoms. The molecular formula is C18H19NO4S. The van der Waals surface area contributed by atoms with Gasteiger partial charge in [-0.25, -0.2) is 13.1 Å². The van der Waals surface area contributed by atoms with Crippen molar-refractivity contribution in [2.45, 2.75) is 23.8 Å². The fourth-order valence-electron chi connectivity index (χ4n) is 2.95. The first-order chi connectivity index (χ1) is 11.6. The summed E-state index contributed by atoms with van der Waals surface area (Å²) in [4.78, 5) is 0.202. The molecule has 1 atom stereocenters. The number of nitrogens with one attached hydrogen (secondary N) is 1. The smallest absolute Gasteiger partial charge is 0.241 e. The van der Waals surface area contributed by atoms with Crippen LogP contribution in [0.4, 0.5) is 0 Å². The number of fused-ring (bicyclic) bond motifs is 1. The SMILES string of the molecule is O=S(=O)(N[C@@H](c1ccccc1)C1CC1)c1ccc2c(c1)OCCO2. The quantitative estimate of drug-likeness (QED) is 0.905. The van der Waals surface area contributed by atoms with Gasteiger partial charge < -0.3 is 9.47 Å². The molecule has 126 valence electrons. The molecule has 0 aromatic heterocycles. The molecule has 1 heterocycles. The maximum absolute atomic E-state index is 12.8. The van der Waals surface area contributed by atoms with Crippen LogP contribution in [0.1, 0.15) is 24.4 Å². The lowest BCUT2D eigenvalue weighted by molar-refractivity contribution is 0.171. The van der Waals surface area contributed by atoms with Crippen LogP contribution in [0.5, 0.6) is 11.5 Å². The van der Waals surface area contributed by atoms with Crippen molar-refractivity contribution in [2.75, 3.05) is 13.2 Å². The lowest BCUT2D eigenvalue weighted by atomic mass is 10.0. The van der Waals surface area contributed by atoms with Crippen LogP contribution in [0, 0.1) is 5.92 Å². The van der Waals surface area contributed by atoms with E-state index in [9.17, 15) is 8.42 Å². The van der Waals surface area contributed by atoms with E-state index < -0.39 is 10.0 Å². The van der Waals surface area contributed by atoms with E-state index in [-0.39, 0.29) is 10.9 Å². The number of hydrogen-bond donors (Lipinski definition) is 1. The Balaban J connectivity index is 1.62. The minimum absolute atomic E-state index is 0.190. The Morgan fingerprint density at radius 2 is 1.67 bits per heavy atom. The number of benzene rings is 2. The van der Waals surface area contributed by atoms with Gasteiger partial charge in [-0.15, -0.1) is 0 Å². The number of sulfonamides is 1. The van der Waals surface area contributed by atoms with E-state index in [0.29, 0.717) is 30.6 Å². The average molecular weight is 345 g/mol. The highest BCUT2D eigenvalue weighted by Crippen LogP contribution is 2.42. The van der Waals surface area contributed by atoms with Gasteiger partial charge in [-0.2, -0.15) is 0 Å². The highest BCUT2D eigenvalue weighted by molar-refractivity contribution is 7.89. The summed E-state index contributed by atoms with van der Waals surface area (Å²) in [5.41, 5.74) is 1.00. The molecule has 1 aliphatic heterocycles. The number of hydrogen-bond acceptors (Lipinski definition) is 4. The molecule has 2 aromatic rings. The van der Waals surface area contributed by atoms with Gasteiger partial charge in [-0.05, 0) is 36.5 Å². The van der Waals surface area contributed by atoms with Crippen molar-refractivity contribution >= 4 is 10.0 Å². The van der Waals surface area contributed by atoms with Gasteiger partial charge in [0.1, 0.15) is 13.2 Å². The van der Waals surface area contributed by atoms with Gasteiger partial charge in [-0.1, -0.05) is 30.3 Å². The summed E-state index contributed by atoms with van der Waals surface area (Å²) in [6, 6.07) is 14.3. The zero-order valence-corrected chi connectivity index (χ0v) is 14.0. The maximum atomic E-state index is 12.8. The van der Waals surface area contributed by atoms with Gasteiger partial charge in [-0.3, -0.25) is 0 Å². The molecule has 5 nitrogen and oxygen atoms in total. The summed E-state index contributed by atoms with van der Waals surface area (Å²) in [6.45, 7) is 0.910. The zero-order chi connectivity index (χ0) is 16.6. The highest BCUT2D eigenvalue weighted by atomic mass is 32.2. The average Bonchev–Trinajstić information content (AvgIpc) is 3.45. The van der Waals surface area contributed by atoms with Gasteiger partial charge in [0, 0.05) is 12.1 Å². The predicted octanol–water partition coefficient (Wildman–Crippen LogP) is 2.89. The van der Waals surface area contributed by atoms with Crippen molar-refractivity contribution in [1.29, 1.82) is 0 Å². The van der Waals surface area contributed by atoms with Crippen molar-refractivity contribution in [3.05, 3.63) is 54.1 Å². The van der Waals surface area contributed by atoms with Crippen molar-refractivity contribution < 1.29 is 17.9 Å². The first-order valence-corrected chi connectivity index (χ1v) is 9.59. The Morgan fingerprint density at radius 1 is 0.958 bits per heavy atom. The zero-order valence-electron chi connectivity index (χ0n) is 13.1. The molecule has 1 aliphatic carbocycles. The summed E-state index contributed by atoms with van der Waals surface area (Å²) < 4.78 is 39.5. The molecule has 1 saturated carbocycles. The summed E-state index contributed by atoms with van der Waals surface area (Å²) in [5, 5.41) is 0. The molecule has 6 heteroatoms. The lowest BCUT2D eigenvalue weighted by Gasteiger charge is -2.21. The standard InChI is InChI=1S/C18H19NO4S/c20-24(21,15-8-9-16-17(12-15)23-11-10-22-16)19-18(14-6-7-14)13-4-2-1-3-5-13/h1-5,8-9,12,14,18-19H,6-7,10-11H2/t18-/m0/s1. The van der Waals surface area contributed by atoms with Crippen molar-refractivity contribution in [3.63, 3.8) is 0 Å². The van der Waals surface area contributed by atoms with E-state index in [1.54, 1.807) is 12.1 Å². The Bertz CT molecular complexity index is 831. The van der Waals surface area contributed by atoms with Crippen LogP contribution in [-0.2, 0) is 10.0 Å². The van der Waals surface area contributed by atoms with Gasteiger partial charge in [0.05, 0.1) is 4.90 Å². The van der Waals surface area contributed by atoms with E-state index in [2.05, 4.69) is 4.72 Å². The van der Waals surface area contributed by atoms with Gasteiger partial charge in [0.25, 0.3) is 0 Å². The first-order valence-electron chi connectivity index (χ1n) is 8.10. The summed E-state index contributed by atoms with van der Waals surface area (Å²) in [7, 11) is -3.63. The Kier molecular flexibility index (Phi) is 3.94. The second-order valence-corrected chi connectivity index (χ2v) is 7.87. The third-order valence-corrected chi connectivity index (χ3v) is 5.80. The normalized spacial score (nSPS) is 18.2. The van der Waals surface area contributed by atoms with Crippen LogP contribution in [0.25, 0.3) is 0 Å². The highest BCUT2D eigenvalue weighted by Gasteiger charge is 2.35. The third-order valence-electron chi connectivity index (χ3n) is 4.36. The van der Waals surface area contributed by atoms with Crippen LogP contribution >= 0.6 is 0 Å². The fraction of sp³-hybridized carbons (Fsp3) is 0.333. The molecule has 0 amide bonds. The van der Waals surface area contributed by atoms with Crippen LogP contribution < -0.4 is 14.2 Å². The van der Waals surface area contributed by atoms with Crippen molar-refractivity contribution in [2.24, 2.45) is 5.92 Å². The molecule has 4 rings (SSSR count). The Labute approximate surface area is 141 Å². The molecule has 24 heavy (non-hydrogen) atoms. The summed E-state index contributed by atoms with van der Waals surface area (Å²) >= 11 is 0. The van der Waals surface area contributed by atoms with Crippen LogP contribution in [0.2, 0.25) is 0 Å². The van der Waals surface area contributed by atoms with Gasteiger partial charge >= 0.3 is 0 Å². The van der Waals surface area contributed by atoms with E-state index in [0.717, 1.165) is 18.4 Å². The molecule has 0 unspecified atom stereocenters. The van der Waals surface area contributed by atoms with Gasteiger partial charge in [0.2, 0.25) is 10.0 Å². The predicted molar refractivity (Wildman–Crippen MR) is 89.7 cm³/mol. The minimum Gasteiger partial charge on any atom is -0.486 e. The topological polar surface area (TPSA) is 64.6 Å². The molecule has 2 aromatic carbocycles. The molecule has 1 N–H and O–H groups in total. The summed E-state index contributed by atoms with van der Waals surface area (Å²) in [6.07, 6.45) is 2.09. The minimum atomic E-state index is -3.63. The summed E-state index contributed by atoms with van der Waals surface area (Å²) in [5.74, 6) is 1.42. The van der Waals surface area contributed by atoms with Crippen molar-refractivity contribution in [3.8, 4) is 11.5 Å². The first kappa shape index (κ1) is 15.5. The fourth-order valence-corrected chi connectivity index (χ4v) is 4.26. The largest absolute Gasteiger partial charge is 0.486 e. The monoisotopic (exact) mass is 345 g/mol. The van der Waals surface area contributed by atoms with Crippen LogP contribution in [-0.4, -0.2) is 21.6 Å². The molecule has 0 saturated heterocycles. The van der Waals surface area contributed by atoms with E-state index >= 15 is 0 Å². The van der Waals surface area contributed by atoms with Crippen molar-refractivity contribution in [1.82, 2.24) is 4.72 Å². The van der Waals surface area contributed by atoms with E-state index in [1.807, 2.05) is 30.3 Å². The molecular weight excluding hydrogens is 326 g/mol. The maximum Gasteiger partial charge on any atom is 0.241 e. The molecule has 0 radical (unpaired) electrons. The lowest BCUT2D eigenvalue weighted by Crippen LogP contribution is -2.30. The van der Waals surface area contributed by atoms with E-state index in [4.69, 9.17) is 9.47 Å². The van der Waals surface area contributed by atoms with E-state index in [1.165, 1.54) is 6.07 Å². The number of ether oxygens (including phenoxy) is 2. The number of rotatable bonds is 5. The second kappa shape index (κ2) is 6.11. The Hall–Kier alpha value is -2.05. The van der Waals surface area contributed by atoms with Crippen LogP contribution in [0.15, 0.2) is 53.4 Å². The molecule has 0 spiro atoms. The third kappa shape index (κ3) is 3.12. The Morgan fingerprint density at radius 3 is 2.38 bits per heavy atom. The second-order valence-electron chi connectivity index (χ2n) is 6.15. The van der Waals surface area contributed by atoms with Crippen LogP contribution in [0.3, 0.4) is 0 Å². The van der Waals surface area contributed by atoms with Gasteiger partial charge in [0.15, 0.2) is 11.5 Å².